The lowest BCUT2D eigenvalue weighted by atomic mass is 10.2. The molecule has 37 valence electrons. The Bertz CT molecular complexity index is 25.1. The molecule has 0 heterocycles. The summed E-state index contributed by atoms with van der Waals surface area (Å²) in [5.74, 6) is 1.32. The Morgan fingerprint density at radius 3 is 2.17 bits per heavy atom. The number of rotatable bonds is 2. The van der Waals surface area contributed by atoms with Gasteiger partial charge in [0.2, 0.25) is 0 Å². The molecule has 0 aliphatic rings. The second-order valence-corrected chi connectivity index (χ2v) is 1.94. The van der Waals surface area contributed by atoms with E-state index in [2.05, 4.69) is 20.3 Å². The highest BCUT2D eigenvalue weighted by atomic mass is 35.5. The first-order chi connectivity index (χ1) is 2.77. The molecule has 0 atom stereocenters. The van der Waals surface area contributed by atoms with Gasteiger partial charge in [0.1, 0.15) is 0 Å². The molecule has 0 aromatic heterocycles. The van der Waals surface area contributed by atoms with Crippen molar-refractivity contribution in [3.8, 4) is 0 Å². The lowest BCUT2D eigenvalue weighted by Crippen LogP contribution is -1.86. The predicted octanol–water partition coefficient (Wildman–Crippen LogP) is 2.09. The SMILES string of the molecule is CC(C)[CH]CCl. The summed E-state index contributed by atoms with van der Waals surface area (Å²) in [7, 11) is 0. The highest BCUT2D eigenvalue weighted by Crippen LogP contribution is 1.97. The second kappa shape index (κ2) is 3.48. The van der Waals surface area contributed by atoms with Crippen molar-refractivity contribution in [3.05, 3.63) is 6.42 Å². The van der Waals surface area contributed by atoms with Gasteiger partial charge in [-0.3, -0.25) is 0 Å². The largest absolute Gasteiger partial charge is 0.126 e. The molecule has 0 aliphatic carbocycles. The van der Waals surface area contributed by atoms with Gasteiger partial charge in [-0.1, -0.05) is 13.8 Å². The monoisotopic (exact) mass is 105 g/mol. The first-order valence-electron chi connectivity index (χ1n) is 2.16. The third-order valence-electron chi connectivity index (χ3n) is 0.560. The van der Waals surface area contributed by atoms with Crippen molar-refractivity contribution in [2.75, 3.05) is 5.88 Å². The van der Waals surface area contributed by atoms with E-state index in [9.17, 15) is 0 Å². The van der Waals surface area contributed by atoms with Gasteiger partial charge in [0.05, 0.1) is 0 Å². The fourth-order valence-corrected chi connectivity index (χ4v) is 0.535. The van der Waals surface area contributed by atoms with Crippen LogP contribution in [-0.4, -0.2) is 5.88 Å². The minimum Gasteiger partial charge on any atom is -0.126 e. The number of hydrogen-bond acceptors (Lipinski definition) is 0. The molecule has 0 saturated carbocycles. The van der Waals surface area contributed by atoms with Crippen molar-refractivity contribution in [2.24, 2.45) is 5.92 Å². The lowest BCUT2D eigenvalue weighted by Gasteiger charge is -1.94. The van der Waals surface area contributed by atoms with Crippen LogP contribution in [0.5, 0.6) is 0 Å². The summed E-state index contributed by atoms with van der Waals surface area (Å²) in [4.78, 5) is 0. The van der Waals surface area contributed by atoms with Gasteiger partial charge in [0.15, 0.2) is 0 Å². The molecule has 0 saturated heterocycles. The van der Waals surface area contributed by atoms with Crippen LogP contribution in [0.4, 0.5) is 0 Å². The average molecular weight is 106 g/mol. The normalized spacial score (nSPS) is 10.0. The average Bonchev–Trinajstić information content (AvgIpc) is 1.35. The Balaban J connectivity index is 2.63. The smallest absolute Gasteiger partial charge is 0.0257 e. The van der Waals surface area contributed by atoms with E-state index in [1.165, 1.54) is 0 Å². The van der Waals surface area contributed by atoms with Crippen LogP contribution in [0.1, 0.15) is 13.8 Å². The van der Waals surface area contributed by atoms with Gasteiger partial charge in [0.25, 0.3) is 0 Å². The zero-order chi connectivity index (χ0) is 4.99. The molecule has 0 N–H and O–H groups in total. The van der Waals surface area contributed by atoms with Crippen LogP contribution in [0.3, 0.4) is 0 Å². The molecule has 0 nitrogen and oxygen atoms in total. The Morgan fingerprint density at radius 2 is 2.17 bits per heavy atom. The molecular formula is C5H10Cl. The molecule has 0 unspecified atom stereocenters. The Kier molecular flexibility index (Phi) is 3.65. The van der Waals surface area contributed by atoms with Gasteiger partial charge < -0.3 is 0 Å². The summed E-state index contributed by atoms with van der Waals surface area (Å²) in [6, 6.07) is 0. The van der Waals surface area contributed by atoms with E-state index in [0.29, 0.717) is 11.8 Å². The van der Waals surface area contributed by atoms with Crippen LogP contribution in [0.2, 0.25) is 0 Å². The first kappa shape index (κ1) is 6.29. The molecule has 1 radical (unpaired) electrons. The van der Waals surface area contributed by atoms with Crippen LogP contribution >= 0.6 is 11.6 Å². The molecule has 0 aromatic rings. The van der Waals surface area contributed by atoms with Crippen molar-refractivity contribution in [1.29, 1.82) is 0 Å². The van der Waals surface area contributed by atoms with Crippen molar-refractivity contribution in [1.82, 2.24) is 0 Å². The van der Waals surface area contributed by atoms with E-state index in [1.807, 2.05) is 0 Å². The van der Waals surface area contributed by atoms with Crippen molar-refractivity contribution >= 4 is 11.6 Å². The Labute approximate surface area is 44.5 Å². The molecule has 0 aromatic carbocycles. The zero-order valence-corrected chi connectivity index (χ0v) is 5.00. The van der Waals surface area contributed by atoms with Gasteiger partial charge in [0, 0.05) is 5.88 Å². The standard InChI is InChI=1S/C5H10Cl/c1-5(2)3-4-6/h3,5H,4H2,1-2H3. The van der Waals surface area contributed by atoms with Crippen LogP contribution < -0.4 is 0 Å². The van der Waals surface area contributed by atoms with Crippen LogP contribution in [0.25, 0.3) is 0 Å². The van der Waals surface area contributed by atoms with E-state index in [0.717, 1.165) is 0 Å². The molecule has 0 amide bonds. The third kappa shape index (κ3) is 4.29. The second-order valence-electron chi connectivity index (χ2n) is 1.63. The summed E-state index contributed by atoms with van der Waals surface area (Å²) in [5.41, 5.74) is 0. The minimum atomic E-state index is 0.641. The maximum absolute atomic E-state index is 5.34. The summed E-state index contributed by atoms with van der Waals surface area (Å²) in [6.45, 7) is 4.23. The van der Waals surface area contributed by atoms with E-state index < -0.39 is 0 Å². The van der Waals surface area contributed by atoms with Crippen LogP contribution in [0, 0.1) is 12.3 Å². The molecule has 0 fully saturated rings. The number of alkyl halides is 1. The zero-order valence-electron chi connectivity index (χ0n) is 4.24. The minimum absolute atomic E-state index is 0.641. The van der Waals surface area contributed by atoms with Crippen molar-refractivity contribution < 1.29 is 0 Å². The highest BCUT2D eigenvalue weighted by molar-refractivity contribution is 6.18. The Hall–Kier alpha value is 0.290. The molecule has 0 rings (SSSR count). The summed E-state index contributed by atoms with van der Waals surface area (Å²) >= 11 is 5.34. The van der Waals surface area contributed by atoms with Gasteiger partial charge in [-0.15, -0.1) is 11.6 Å². The van der Waals surface area contributed by atoms with E-state index in [4.69, 9.17) is 11.6 Å². The van der Waals surface area contributed by atoms with Crippen molar-refractivity contribution in [2.45, 2.75) is 13.8 Å². The number of halogens is 1. The molecule has 0 spiro atoms. The first-order valence-corrected chi connectivity index (χ1v) is 2.70. The molecule has 6 heavy (non-hydrogen) atoms. The molecule has 0 bridgehead atoms. The van der Waals surface area contributed by atoms with E-state index in [1.54, 1.807) is 0 Å². The van der Waals surface area contributed by atoms with Crippen LogP contribution in [-0.2, 0) is 0 Å². The maximum Gasteiger partial charge on any atom is 0.0257 e. The lowest BCUT2D eigenvalue weighted by molar-refractivity contribution is 0.764. The van der Waals surface area contributed by atoms with Gasteiger partial charge in [-0.25, -0.2) is 0 Å². The van der Waals surface area contributed by atoms with Crippen molar-refractivity contribution in [3.63, 3.8) is 0 Å². The van der Waals surface area contributed by atoms with Gasteiger partial charge >= 0.3 is 0 Å². The third-order valence-corrected chi connectivity index (χ3v) is 0.739. The number of hydrogen-bond donors (Lipinski definition) is 0. The molecule has 1 heteroatoms. The Morgan fingerprint density at radius 1 is 1.67 bits per heavy atom. The van der Waals surface area contributed by atoms with E-state index in [-0.39, 0.29) is 0 Å². The summed E-state index contributed by atoms with van der Waals surface area (Å²) in [5, 5.41) is 0. The predicted molar refractivity (Wildman–Crippen MR) is 29.9 cm³/mol. The van der Waals surface area contributed by atoms with Crippen LogP contribution in [0.15, 0.2) is 0 Å². The summed E-state index contributed by atoms with van der Waals surface area (Å²) < 4.78 is 0. The topological polar surface area (TPSA) is 0 Å². The maximum atomic E-state index is 5.34. The van der Waals surface area contributed by atoms with Gasteiger partial charge in [-0.05, 0) is 12.3 Å². The highest BCUT2D eigenvalue weighted by Gasteiger charge is 1.87. The fraction of sp³-hybridized carbons (Fsp3) is 0.800. The fourth-order valence-electron chi connectivity index (χ4n) is 0.178. The molecular weight excluding hydrogens is 95.5 g/mol. The van der Waals surface area contributed by atoms with E-state index >= 15 is 0 Å². The van der Waals surface area contributed by atoms with Gasteiger partial charge in [-0.2, -0.15) is 0 Å². The summed E-state index contributed by atoms with van der Waals surface area (Å²) in [6.07, 6.45) is 2.06. The quantitative estimate of drug-likeness (QED) is 0.472. The molecule has 0 aliphatic heterocycles.